The quantitative estimate of drug-likeness (QED) is 0.817. The highest BCUT2D eigenvalue weighted by molar-refractivity contribution is 5.54. The molecule has 2 aromatic heterocycles. The highest BCUT2D eigenvalue weighted by Crippen LogP contribution is 2.16. The van der Waals surface area contributed by atoms with E-state index in [0.717, 1.165) is 24.4 Å². The summed E-state index contributed by atoms with van der Waals surface area (Å²) in [6.07, 6.45) is 2.81. The van der Waals surface area contributed by atoms with Crippen LogP contribution in [-0.2, 0) is 6.54 Å². The van der Waals surface area contributed by atoms with Gasteiger partial charge in [-0.25, -0.2) is 0 Å². The largest absolute Gasteiger partial charge is 0.382 e. The highest BCUT2D eigenvalue weighted by Gasteiger charge is 2.05. The SMILES string of the molecule is CCCn1nccc1-c1ccc(N)nn1. The molecule has 2 heterocycles. The molecular formula is C10H13N5. The lowest BCUT2D eigenvalue weighted by atomic mass is 10.3. The number of hydrogen-bond acceptors (Lipinski definition) is 4. The predicted molar refractivity (Wildman–Crippen MR) is 58.0 cm³/mol. The predicted octanol–water partition coefficient (Wildman–Crippen LogP) is 1.33. The number of hydrogen-bond donors (Lipinski definition) is 1. The van der Waals surface area contributed by atoms with E-state index in [1.807, 2.05) is 16.8 Å². The van der Waals surface area contributed by atoms with Crippen molar-refractivity contribution in [3.63, 3.8) is 0 Å². The molecule has 2 rings (SSSR count). The van der Waals surface area contributed by atoms with Crippen LogP contribution in [0.15, 0.2) is 24.4 Å². The third-order valence-electron chi connectivity index (χ3n) is 2.10. The molecule has 78 valence electrons. The molecule has 0 radical (unpaired) electrons. The number of nitrogens with zero attached hydrogens (tertiary/aromatic N) is 4. The number of rotatable bonds is 3. The lowest BCUT2D eigenvalue weighted by molar-refractivity contribution is 0.607. The van der Waals surface area contributed by atoms with Crippen LogP contribution in [0, 0.1) is 0 Å². The summed E-state index contributed by atoms with van der Waals surface area (Å²) in [4.78, 5) is 0. The Morgan fingerprint density at radius 2 is 2.13 bits per heavy atom. The zero-order chi connectivity index (χ0) is 10.7. The van der Waals surface area contributed by atoms with E-state index in [2.05, 4.69) is 22.2 Å². The van der Waals surface area contributed by atoms with E-state index in [9.17, 15) is 0 Å². The Labute approximate surface area is 87.9 Å². The van der Waals surface area contributed by atoms with Crippen molar-refractivity contribution >= 4 is 5.82 Å². The molecule has 0 aliphatic rings. The van der Waals surface area contributed by atoms with Gasteiger partial charge in [0.1, 0.15) is 11.5 Å². The maximum atomic E-state index is 5.48. The second kappa shape index (κ2) is 4.08. The van der Waals surface area contributed by atoms with Crippen LogP contribution in [0.4, 0.5) is 5.82 Å². The van der Waals surface area contributed by atoms with Crippen molar-refractivity contribution in [3.8, 4) is 11.4 Å². The van der Waals surface area contributed by atoms with Crippen molar-refractivity contribution in [2.45, 2.75) is 19.9 Å². The first-order valence-electron chi connectivity index (χ1n) is 4.92. The van der Waals surface area contributed by atoms with Crippen molar-refractivity contribution < 1.29 is 0 Å². The fraction of sp³-hybridized carbons (Fsp3) is 0.300. The Balaban J connectivity index is 2.36. The average Bonchev–Trinajstić information content (AvgIpc) is 2.68. The normalized spacial score (nSPS) is 10.5. The molecule has 0 aliphatic heterocycles. The topological polar surface area (TPSA) is 69.6 Å². The second-order valence-electron chi connectivity index (χ2n) is 3.28. The minimum atomic E-state index is 0.431. The van der Waals surface area contributed by atoms with Gasteiger partial charge in [0, 0.05) is 12.7 Å². The van der Waals surface area contributed by atoms with E-state index >= 15 is 0 Å². The molecule has 0 aliphatic carbocycles. The zero-order valence-corrected chi connectivity index (χ0v) is 8.59. The van der Waals surface area contributed by atoms with Crippen molar-refractivity contribution in [2.75, 3.05) is 5.73 Å². The first kappa shape index (κ1) is 9.64. The van der Waals surface area contributed by atoms with Gasteiger partial charge in [-0.1, -0.05) is 6.92 Å². The Kier molecular flexibility index (Phi) is 2.62. The summed E-state index contributed by atoms with van der Waals surface area (Å²) < 4.78 is 1.92. The summed E-state index contributed by atoms with van der Waals surface area (Å²) in [7, 11) is 0. The molecule has 2 aromatic rings. The van der Waals surface area contributed by atoms with Gasteiger partial charge in [0.05, 0.1) is 5.69 Å². The van der Waals surface area contributed by atoms with Crippen molar-refractivity contribution in [2.24, 2.45) is 0 Å². The molecule has 5 heteroatoms. The maximum Gasteiger partial charge on any atom is 0.146 e. The number of nitrogen functional groups attached to an aromatic ring is 1. The van der Waals surface area contributed by atoms with E-state index < -0.39 is 0 Å². The summed E-state index contributed by atoms with van der Waals surface area (Å²) in [5.41, 5.74) is 7.26. The van der Waals surface area contributed by atoms with Gasteiger partial charge in [0.2, 0.25) is 0 Å². The third kappa shape index (κ3) is 1.96. The first-order valence-corrected chi connectivity index (χ1v) is 4.92. The van der Waals surface area contributed by atoms with Gasteiger partial charge < -0.3 is 5.73 Å². The van der Waals surface area contributed by atoms with Gasteiger partial charge in [-0.05, 0) is 24.6 Å². The van der Waals surface area contributed by atoms with E-state index in [0.29, 0.717) is 5.82 Å². The molecule has 15 heavy (non-hydrogen) atoms. The first-order chi connectivity index (χ1) is 7.31. The van der Waals surface area contributed by atoms with Crippen molar-refractivity contribution in [1.29, 1.82) is 0 Å². The number of aromatic nitrogens is 4. The molecule has 0 unspecified atom stereocenters. The molecule has 5 nitrogen and oxygen atoms in total. The van der Waals surface area contributed by atoms with Crippen LogP contribution >= 0.6 is 0 Å². The molecule has 0 aromatic carbocycles. The fourth-order valence-corrected chi connectivity index (χ4v) is 1.42. The van der Waals surface area contributed by atoms with Crippen LogP contribution in [0.3, 0.4) is 0 Å². The van der Waals surface area contributed by atoms with Crippen LogP contribution in [-0.4, -0.2) is 20.0 Å². The standard InChI is InChI=1S/C10H13N5/c1-2-7-15-9(5-6-12-15)8-3-4-10(11)14-13-8/h3-6H,2,7H2,1H3,(H2,11,14). The molecular weight excluding hydrogens is 190 g/mol. The number of anilines is 1. The molecule has 0 spiro atoms. The summed E-state index contributed by atoms with van der Waals surface area (Å²) in [5, 5.41) is 12.1. The van der Waals surface area contributed by atoms with Crippen molar-refractivity contribution in [1.82, 2.24) is 20.0 Å². The summed E-state index contributed by atoms with van der Waals surface area (Å²) in [6, 6.07) is 5.52. The Hall–Kier alpha value is -1.91. The molecule has 2 N–H and O–H groups in total. The summed E-state index contributed by atoms with van der Waals surface area (Å²) >= 11 is 0. The van der Waals surface area contributed by atoms with E-state index in [4.69, 9.17) is 5.73 Å². The highest BCUT2D eigenvalue weighted by atomic mass is 15.3. The van der Waals surface area contributed by atoms with Crippen LogP contribution < -0.4 is 5.73 Å². The molecule has 0 atom stereocenters. The van der Waals surface area contributed by atoms with Crippen LogP contribution in [0.2, 0.25) is 0 Å². The summed E-state index contributed by atoms with van der Waals surface area (Å²) in [6.45, 7) is 2.99. The fourth-order valence-electron chi connectivity index (χ4n) is 1.42. The maximum absolute atomic E-state index is 5.48. The molecule has 0 saturated carbocycles. The van der Waals surface area contributed by atoms with E-state index in [1.165, 1.54) is 0 Å². The van der Waals surface area contributed by atoms with Crippen LogP contribution in [0.5, 0.6) is 0 Å². The lowest BCUT2D eigenvalue weighted by Crippen LogP contribution is -2.03. The third-order valence-corrected chi connectivity index (χ3v) is 2.10. The monoisotopic (exact) mass is 203 g/mol. The van der Waals surface area contributed by atoms with Gasteiger partial charge in [-0.3, -0.25) is 4.68 Å². The van der Waals surface area contributed by atoms with Gasteiger partial charge in [0.15, 0.2) is 0 Å². The molecule has 0 bridgehead atoms. The van der Waals surface area contributed by atoms with Gasteiger partial charge >= 0.3 is 0 Å². The smallest absolute Gasteiger partial charge is 0.146 e. The lowest BCUT2D eigenvalue weighted by Gasteiger charge is -2.04. The summed E-state index contributed by atoms with van der Waals surface area (Å²) in [5.74, 6) is 0.431. The second-order valence-corrected chi connectivity index (χ2v) is 3.28. The van der Waals surface area contributed by atoms with E-state index in [1.54, 1.807) is 12.3 Å². The van der Waals surface area contributed by atoms with Crippen LogP contribution in [0.25, 0.3) is 11.4 Å². The Morgan fingerprint density at radius 1 is 1.27 bits per heavy atom. The van der Waals surface area contributed by atoms with Crippen LogP contribution in [0.1, 0.15) is 13.3 Å². The Morgan fingerprint density at radius 3 is 2.80 bits per heavy atom. The van der Waals surface area contributed by atoms with E-state index in [-0.39, 0.29) is 0 Å². The number of nitrogens with two attached hydrogens (primary N) is 1. The number of aryl methyl sites for hydroxylation is 1. The molecule has 0 fully saturated rings. The van der Waals surface area contributed by atoms with Gasteiger partial charge in [-0.15, -0.1) is 10.2 Å². The average molecular weight is 203 g/mol. The van der Waals surface area contributed by atoms with Gasteiger partial charge in [-0.2, -0.15) is 5.10 Å². The van der Waals surface area contributed by atoms with Crippen molar-refractivity contribution in [3.05, 3.63) is 24.4 Å². The minimum Gasteiger partial charge on any atom is -0.382 e. The molecule has 0 saturated heterocycles. The zero-order valence-electron chi connectivity index (χ0n) is 8.59. The molecule has 0 amide bonds. The Bertz CT molecular complexity index is 431. The van der Waals surface area contributed by atoms with Gasteiger partial charge in [0.25, 0.3) is 0 Å². The minimum absolute atomic E-state index is 0.431.